The molecule has 0 spiro atoms. The van der Waals surface area contributed by atoms with Crippen molar-refractivity contribution in [1.29, 1.82) is 0 Å². The second-order valence-electron chi connectivity index (χ2n) is 7.06. The molecular formula is C21H25FN2O2. The van der Waals surface area contributed by atoms with Crippen molar-refractivity contribution in [3.05, 3.63) is 69.9 Å². The van der Waals surface area contributed by atoms with Gasteiger partial charge in [0.15, 0.2) is 0 Å². The molecule has 2 heterocycles. The van der Waals surface area contributed by atoms with E-state index in [-0.39, 0.29) is 17.3 Å². The van der Waals surface area contributed by atoms with E-state index in [0.717, 1.165) is 43.6 Å². The lowest BCUT2D eigenvalue weighted by molar-refractivity contribution is -0.132. The third-order valence-electron chi connectivity index (χ3n) is 5.22. The highest BCUT2D eigenvalue weighted by atomic mass is 19.1. The minimum atomic E-state index is -0.207. The average Bonchev–Trinajstić information content (AvgIpc) is 2.64. The molecule has 4 nitrogen and oxygen atoms in total. The van der Waals surface area contributed by atoms with E-state index in [0.29, 0.717) is 18.9 Å². The van der Waals surface area contributed by atoms with E-state index in [1.807, 2.05) is 30.0 Å². The van der Waals surface area contributed by atoms with E-state index in [1.165, 1.54) is 18.2 Å². The number of amides is 1. The monoisotopic (exact) mass is 356 g/mol. The maximum atomic E-state index is 13.0. The first-order valence-electron chi connectivity index (χ1n) is 9.21. The molecule has 138 valence electrons. The zero-order valence-corrected chi connectivity index (χ0v) is 15.2. The number of aromatic nitrogens is 1. The fourth-order valence-electron chi connectivity index (χ4n) is 3.62. The summed E-state index contributed by atoms with van der Waals surface area (Å²) in [4.78, 5) is 26.3. The van der Waals surface area contributed by atoms with Crippen molar-refractivity contribution >= 4 is 5.91 Å². The van der Waals surface area contributed by atoms with Crippen LogP contribution in [0, 0.1) is 18.7 Å². The summed E-state index contributed by atoms with van der Waals surface area (Å²) in [6.07, 6.45) is 3.22. The van der Waals surface area contributed by atoms with Gasteiger partial charge in [-0.05, 0) is 55.9 Å². The third-order valence-corrected chi connectivity index (χ3v) is 5.22. The highest BCUT2D eigenvalue weighted by Crippen LogP contribution is 2.22. The summed E-state index contributed by atoms with van der Waals surface area (Å²) in [6.45, 7) is 3.83. The van der Waals surface area contributed by atoms with Gasteiger partial charge in [-0.25, -0.2) is 4.39 Å². The Morgan fingerprint density at radius 1 is 1.12 bits per heavy atom. The molecule has 1 aromatic heterocycles. The second kappa shape index (κ2) is 8.30. The minimum absolute atomic E-state index is 0.0594. The van der Waals surface area contributed by atoms with Gasteiger partial charge in [0.2, 0.25) is 5.91 Å². The van der Waals surface area contributed by atoms with Crippen LogP contribution in [0.1, 0.15) is 30.5 Å². The van der Waals surface area contributed by atoms with Crippen molar-refractivity contribution in [2.45, 2.75) is 39.2 Å². The van der Waals surface area contributed by atoms with Crippen molar-refractivity contribution in [2.24, 2.45) is 5.92 Å². The standard InChI is InChI=1S/C21H25FN2O2/c1-16-3-2-4-21(26)24(16)14-11-20(25)23-12-9-18(10-13-23)15-17-5-7-19(22)8-6-17/h2-8,18H,9-15H2,1H3. The van der Waals surface area contributed by atoms with Crippen LogP contribution in [-0.4, -0.2) is 28.5 Å². The number of aryl methyl sites for hydroxylation is 1. The molecule has 1 fully saturated rings. The highest BCUT2D eigenvalue weighted by Gasteiger charge is 2.22. The van der Waals surface area contributed by atoms with Crippen LogP contribution in [0.15, 0.2) is 47.3 Å². The van der Waals surface area contributed by atoms with Crippen molar-refractivity contribution in [1.82, 2.24) is 9.47 Å². The first kappa shape index (κ1) is 18.4. The number of piperidine rings is 1. The van der Waals surface area contributed by atoms with Crippen molar-refractivity contribution in [3.8, 4) is 0 Å². The summed E-state index contributed by atoms with van der Waals surface area (Å²) in [7, 11) is 0. The molecule has 1 aliphatic heterocycles. The Bertz CT molecular complexity index is 806. The number of pyridine rings is 1. The van der Waals surface area contributed by atoms with E-state index < -0.39 is 0 Å². The van der Waals surface area contributed by atoms with Crippen LogP contribution in [0.5, 0.6) is 0 Å². The second-order valence-corrected chi connectivity index (χ2v) is 7.06. The Morgan fingerprint density at radius 3 is 2.46 bits per heavy atom. The van der Waals surface area contributed by atoms with Crippen molar-refractivity contribution < 1.29 is 9.18 Å². The predicted molar refractivity (Wildman–Crippen MR) is 99.5 cm³/mol. The molecule has 0 unspecified atom stereocenters. The number of likely N-dealkylation sites (tertiary alicyclic amines) is 1. The summed E-state index contributed by atoms with van der Waals surface area (Å²) in [5.74, 6) is 0.436. The molecular weight excluding hydrogens is 331 g/mol. The molecule has 1 saturated heterocycles. The molecule has 0 bridgehead atoms. The number of nitrogens with zero attached hydrogens (tertiary/aromatic N) is 2. The predicted octanol–water partition coefficient (Wildman–Crippen LogP) is 3.17. The molecule has 0 N–H and O–H groups in total. The minimum Gasteiger partial charge on any atom is -0.343 e. The lowest BCUT2D eigenvalue weighted by Crippen LogP contribution is -2.39. The Kier molecular flexibility index (Phi) is 5.86. The number of benzene rings is 1. The van der Waals surface area contributed by atoms with Crippen LogP contribution < -0.4 is 5.56 Å². The van der Waals surface area contributed by atoms with Gasteiger partial charge in [-0.2, -0.15) is 0 Å². The molecule has 0 saturated carbocycles. The lowest BCUT2D eigenvalue weighted by atomic mass is 9.90. The van der Waals surface area contributed by atoms with Crippen LogP contribution in [0.2, 0.25) is 0 Å². The number of carbonyl (C=O) groups is 1. The number of hydrogen-bond acceptors (Lipinski definition) is 2. The molecule has 0 radical (unpaired) electrons. The van der Waals surface area contributed by atoms with E-state index in [9.17, 15) is 14.0 Å². The van der Waals surface area contributed by atoms with Gasteiger partial charge in [0.05, 0.1) is 0 Å². The Labute approximate surface area is 153 Å². The van der Waals surface area contributed by atoms with Gasteiger partial charge in [-0.3, -0.25) is 9.59 Å². The Morgan fingerprint density at radius 2 is 1.81 bits per heavy atom. The van der Waals surface area contributed by atoms with Crippen LogP contribution in [-0.2, 0) is 17.8 Å². The van der Waals surface area contributed by atoms with Gasteiger partial charge in [-0.1, -0.05) is 18.2 Å². The fraction of sp³-hybridized carbons (Fsp3) is 0.429. The molecule has 0 aliphatic carbocycles. The molecule has 3 rings (SSSR count). The zero-order valence-electron chi connectivity index (χ0n) is 15.2. The third kappa shape index (κ3) is 4.59. The summed E-state index contributed by atoms with van der Waals surface area (Å²) in [6, 6.07) is 11.8. The largest absolute Gasteiger partial charge is 0.343 e. The van der Waals surface area contributed by atoms with E-state index in [4.69, 9.17) is 0 Å². The van der Waals surface area contributed by atoms with Crippen LogP contribution in [0.3, 0.4) is 0 Å². The smallest absolute Gasteiger partial charge is 0.250 e. The van der Waals surface area contributed by atoms with Gasteiger partial charge in [0.1, 0.15) is 5.82 Å². The van der Waals surface area contributed by atoms with Gasteiger partial charge >= 0.3 is 0 Å². The highest BCUT2D eigenvalue weighted by molar-refractivity contribution is 5.76. The topological polar surface area (TPSA) is 42.3 Å². The first-order valence-corrected chi connectivity index (χ1v) is 9.21. The normalized spacial score (nSPS) is 15.2. The zero-order chi connectivity index (χ0) is 18.5. The van der Waals surface area contributed by atoms with Gasteiger partial charge in [-0.15, -0.1) is 0 Å². The Hall–Kier alpha value is -2.43. The number of rotatable bonds is 5. The maximum absolute atomic E-state index is 13.0. The number of halogens is 1. The van der Waals surface area contributed by atoms with Crippen LogP contribution in [0.25, 0.3) is 0 Å². The van der Waals surface area contributed by atoms with Gasteiger partial charge in [0, 0.05) is 37.8 Å². The average molecular weight is 356 g/mol. The van der Waals surface area contributed by atoms with E-state index in [2.05, 4.69) is 0 Å². The summed E-state index contributed by atoms with van der Waals surface area (Å²) < 4.78 is 14.6. The van der Waals surface area contributed by atoms with Gasteiger partial charge in [0.25, 0.3) is 5.56 Å². The maximum Gasteiger partial charge on any atom is 0.250 e. The van der Waals surface area contributed by atoms with Crippen molar-refractivity contribution in [2.75, 3.05) is 13.1 Å². The summed E-state index contributed by atoms with van der Waals surface area (Å²) in [5.41, 5.74) is 1.97. The quantitative estimate of drug-likeness (QED) is 0.826. The first-order chi connectivity index (χ1) is 12.5. The fourth-order valence-corrected chi connectivity index (χ4v) is 3.62. The lowest BCUT2D eigenvalue weighted by Gasteiger charge is -2.32. The van der Waals surface area contributed by atoms with E-state index >= 15 is 0 Å². The van der Waals surface area contributed by atoms with Crippen LogP contribution >= 0.6 is 0 Å². The summed E-state index contributed by atoms with van der Waals surface area (Å²) in [5, 5.41) is 0. The van der Waals surface area contributed by atoms with Crippen LogP contribution in [0.4, 0.5) is 4.39 Å². The number of hydrogen-bond donors (Lipinski definition) is 0. The molecule has 2 aromatic rings. The molecule has 26 heavy (non-hydrogen) atoms. The van der Waals surface area contributed by atoms with Crippen molar-refractivity contribution in [3.63, 3.8) is 0 Å². The molecule has 5 heteroatoms. The summed E-state index contributed by atoms with van der Waals surface area (Å²) >= 11 is 0. The molecule has 1 aromatic carbocycles. The molecule has 1 aliphatic rings. The van der Waals surface area contributed by atoms with E-state index in [1.54, 1.807) is 10.6 Å². The number of carbonyl (C=O) groups excluding carboxylic acids is 1. The molecule has 0 atom stereocenters. The van der Waals surface area contributed by atoms with Gasteiger partial charge < -0.3 is 9.47 Å². The SMILES string of the molecule is Cc1cccc(=O)n1CCC(=O)N1CCC(Cc2ccc(F)cc2)CC1. The Balaban J connectivity index is 1.47. The molecule has 1 amide bonds.